The van der Waals surface area contributed by atoms with Crippen molar-refractivity contribution in [2.24, 2.45) is 0 Å². The molecule has 0 spiro atoms. The van der Waals surface area contributed by atoms with Gasteiger partial charge in [0.25, 0.3) is 0 Å². The van der Waals surface area contributed by atoms with Crippen molar-refractivity contribution in [2.75, 3.05) is 20.2 Å². The van der Waals surface area contributed by atoms with Crippen LogP contribution in [0.15, 0.2) is 18.2 Å². The van der Waals surface area contributed by atoms with Crippen molar-refractivity contribution >= 4 is 11.6 Å². The zero-order valence-corrected chi connectivity index (χ0v) is 9.34. The normalized spacial score (nSPS) is 25.5. The number of ether oxygens (including phenoxy) is 1. The van der Waals surface area contributed by atoms with Gasteiger partial charge >= 0.3 is 0 Å². The quantitative estimate of drug-likeness (QED) is 0.805. The third kappa shape index (κ3) is 1.95. The average Bonchev–Trinajstić information content (AvgIpc) is 2.65. The molecule has 0 saturated carbocycles. The van der Waals surface area contributed by atoms with E-state index in [-0.39, 0.29) is 0 Å². The van der Waals surface area contributed by atoms with Crippen LogP contribution in [0.25, 0.3) is 0 Å². The van der Waals surface area contributed by atoms with Gasteiger partial charge < -0.3 is 15.2 Å². The molecule has 2 rings (SSSR count). The maximum Gasteiger partial charge on any atom is 0.120 e. The van der Waals surface area contributed by atoms with Crippen LogP contribution in [0.1, 0.15) is 12.0 Å². The van der Waals surface area contributed by atoms with E-state index in [1.165, 1.54) is 0 Å². The van der Waals surface area contributed by atoms with Gasteiger partial charge in [-0.05, 0) is 25.1 Å². The molecule has 3 nitrogen and oxygen atoms in total. The molecule has 2 N–H and O–H groups in total. The van der Waals surface area contributed by atoms with E-state index >= 15 is 0 Å². The predicted octanol–water partition coefficient (Wildman–Crippen LogP) is 1.53. The van der Waals surface area contributed by atoms with Crippen molar-refractivity contribution in [3.63, 3.8) is 0 Å². The van der Waals surface area contributed by atoms with Gasteiger partial charge in [-0.1, -0.05) is 17.7 Å². The first-order chi connectivity index (χ1) is 7.15. The van der Waals surface area contributed by atoms with Crippen molar-refractivity contribution in [1.29, 1.82) is 0 Å². The van der Waals surface area contributed by atoms with E-state index in [0.29, 0.717) is 23.7 Å². The number of aliphatic hydroxyl groups is 1. The number of hydrogen-bond acceptors (Lipinski definition) is 3. The minimum absolute atomic E-state index is 0.555. The third-order valence-electron chi connectivity index (χ3n) is 2.81. The Bertz CT molecular complexity index is 362. The minimum atomic E-state index is -0.830. The maximum absolute atomic E-state index is 10.3. The van der Waals surface area contributed by atoms with Crippen molar-refractivity contribution in [2.45, 2.75) is 12.0 Å². The van der Waals surface area contributed by atoms with E-state index in [1.54, 1.807) is 13.2 Å². The van der Waals surface area contributed by atoms with Crippen molar-refractivity contribution in [3.8, 4) is 5.75 Å². The molecule has 4 heteroatoms. The largest absolute Gasteiger partial charge is 0.497 e. The highest BCUT2D eigenvalue weighted by atomic mass is 35.5. The molecule has 1 aromatic rings. The molecule has 1 aromatic carbocycles. The van der Waals surface area contributed by atoms with E-state index < -0.39 is 5.60 Å². The van der Waals surface area contributed by atoms with Gasteiger partial charge in [-0.3, -0.25) is 0 Å². The monoisotopic (exact) mass is 227 g/mol. The second-order valence-electron chi connectivity index (χ2n) is 3.80. The van der Waals surface area contributed by atoms with Crippen LogP contribution in [0.2, 0.25) is 5.02 Å². The summed E-state index contributed by atoms with van der Waals surface area (Å²) in [7, 11) is 1.59. The van der Waals surface area contributed by atoms with Gasteiger partial charge in [0.15, 0.2) is 0 Å². The fourth-order valence-electron chi connectivity index (χ4n) is 1.91. The van der Waals surface area contributed by atoms with Gasteiger partial charge in [0, 0.05) is 12.1 Å². The fourth-order valence-corrected chi connectivity index (χ4v) is 2.26. The lowest BCUT2D eigenvalue weighted by Crippen LogP contribution is -2.28. The summed E-state index contributed by atoms with van der Waals surface area (Å²) < 4.78 is 5.06. The number of hydrogen-bond donors (Lipinski definition) is 2. The van der Waals surface area contributed by atoms with Gasteiger partial charge in [-0.2, -0.15) is 0 Å². The van der Waals surface area contributed by atoms with Crippen molar-refractivity contribution < 1.29 is 9.84 Å². The molecule has 15 heavy (non-hydrogen) atoms. The summed E-state index contributed by atoms with van der Waals surface area (Å²) in [4.78, 5) is 0. The van der Waals surface area contributed by atoms with Crippen molar-refractivity contribution in [3.05, 3.63) is 28.8 Å². The topological polar surface area (TPSA) is 41.5 Å². The van der Waals surface area contributed by atoms with Crippen LogP contribution in [-0.2, 0) is 5.60 Å². The zero-order chi connectivity index (χ0) is 10.9. The van der Waals surface area contributed by atoms with Gasteiger partial charge in [0.1, 0.15) is 11.4 Å². The highest BCUT2D eigenvalue weighted by Gasteiger charge is 2.34. The van der Waals surface area contributed by atoms with E-state index in [2.05, 4.69) is 5.32 Å². The lowest BCUT2D eigenvalue weighted by molar-refractivity contribution is 0.0588. The first kappa shape index (κ1) is 10.7. The number of halogens is 1. The Kier molecular flexibility index (Phi) is 2.87. The molecular weight excluding hydrogens is 214 g/mol. The van der Waals surface area contributed by atoms with Crippen LogP contribution >= 0.6 is 11.6 Å². The Hall–Kier alpha value is -0.770. The second kappa shape index (κ2) is 4.00. The Labute approximate surface area is 94.0 Å². The molecule has 1 saturated heterocycles. The molecule has 0 aromatic heterocycles. The van der Waals surface area contributed by atoms with E-state index in [4.69, 9.17) is 16.3 Å². The molecule has 0 aliphatic carbocycles. The van der Waals surface area contributed by atoms with Crippen LogP contribution in [0.5, 0.6) is 5.75 Å². The lowest BCUT2D eigenvalue weighted by atomic mass is 9.93. The summed E-state index contributed by atoms with van der Waals surface area (Å²) in [5.41, 5.74) is -0.0569. The lowest BCUT2D eigenvalue weighted by Gasteiger charge is -2.23. The SMILES string of the molecule is COc1ccc(C2(O)CCNC2)c(Cl)c1. The van der Waals surface area contributed by atoms with Crippen LogP contribution in [0.3, 0.4) is 0 Å². The van der Waals surface area contributed by atoms with Crippen LogP contribution in [0.4, 0.5) is 0 Å². The summed E-state index contributed by atoms with van der Waals surface area (Å²) in [6, 6.07) is 5.37. The summed E-state index contributed by atoms with van der Waals surface area (Å²) >= 11 is 6.11. The Morgan fingerprint density at radius 2 is 2.33 bits per heavy atom. The van der Waals surface area contributed by atoms with E-state index in [1.807, 2.05) is 12.1 Å². The molecule has 0 bridgehead atoms. The van der Waals surface area contributed by atoms with Gasteiger partial charge in [0.2, 0.25) is 0 Å². The summed E-state index contributed by atoms with van der Waals surface area (Å²) in [6.07, 6.45) is 0.694. The predicted molar refractivity (Wildman–Crippen MR) is 59.4 cm³/mol. The molecule has 82 valence electrons. The van der Waals surface area contributed by atoms with Crippen LogP contribution in [0, 0.1) is 0 Å². The summed E-state index contributed by atoms with van der Waals surface area (Å²) in [5.74, 6) is 0.707. The number of rotatable bonds is 2. The number of methoxy groups -OCH3 is 1. The van der Waals surface area contributed by atoms with E-state index in [9.17, 15) is 5.11 Å². The fraction of sp³-hybridized carbons (Fsp3) is 0.455. The average molecular weight is 228 g/mol. The molecule has 0 radical (unpaired) electrons. The van der Waals surface area contributed by atoms with E-state index in [0.717, 1.165) is 12.1 Å². The molecule has 1 unspecified atom stereocenters. The number of benzene rings is 1. The second-order valence-corrected chi connectivity index (χ2v) is 4.21. The Morgan fingerprint density at radius 1 is 1.53 bits per heavy atom. The smallest absolute Gasteiger partial charge is 0.120 e. The Morgan fingerprint density at radius 3 is 2.87 bits per heavy atom. The standard InChI is InChI=1S/C11H14ClNO2/c1-15-8-2-3-9(10(12)6-8)11(14)4-5-13-7-11/h2-3,6,13-14H,4-5,7H2,1H3. The van der Waals surface area contributed by atoms with Crippen molar-refractivity contribution in [1.82, 2.24) is 5.32 Å². The summed E-state index contributed by atoms with van der Waals surface area (Å²) in [5, 5.41) is 14.0. The number of nitrogens with one attached hydrogen (secondary N) is 1. The summed E-state index contributed by atoms with van der Waals surface area (Å²) in [6.45, 7) is 1.37. The highest BCUT2D eigenvalue weighted by molar-refractivity contribution is 6.31. The highest BCUT2D eigenvalue weighted by Crippen LogP contribution is 2.34. The first-order valence-corrected chi connectivity index (χ1v) is 5.31. The van der Waals surface area contributed by atoms with Gasteiger partial charge in [-0.25, -0.2) is 0 Å². The molecular formula is C11H14ClNO2. The maximum atomic E-state index is 10.3. The Balaban J connectivity index is 2.36. The minimum Gasteiger partial charge on any atom is -0.497 e. The number of β-amino-alcohol motifs (C(OH)–C–C–N with tert-alkyl or cyclic N) is 1. The molecule has 1 aliphatic rings. The molecule has 1 heterocycles. The van der Waals surface area contributed by atoms with Crippen LogP contribution < -0.4 is 10.1 Å². The van der Waals surface area contributed by atoms with Gasteiger partial charge in [0.05, 0.1) is 12.1 Å². The molecule has 1 fully saturated rings. The third-order valence-corrected chi connectivity index (χ3v) is 3.12. The van der Waals surface area contributed by atoms with Gasteiger partial charge in [-0.15, -0.1) is 0 Å². The molecule has 1 aliphatic heterocycles. The van der Waals surface area contributed by atoms with Crippen LogP contribution in [-0.4, -0.2) is 25.3 Å². The molecule has 0 amide bonds. The first-order valence-electron chi connectivity index (χ1n) is 4.93. The molecule has 1 atom stereocenters. The zero-order valence-electron chi connectivity index (χ0n) is 8.59.